The molecule has 1 saturated heterocycles. The summed E-state index contributed by atoms with van der Waals surface area (Å²) >= 11 is 0. The number of nitrogens with one attached hydrogen (secondary N) is 1. The van der Waals surface area contributed by atoms with Crippen LogP contribution in [0.25, 0.3) is 0 Å². The fourth-order valence-corrected chi connectivity index (χ4v) is 4.83. The Balaban J connectivity index is 1.26. The lowest BCUT2D eigenvalue weighted by atomic mass is 10.2. The van der Waals surface area contributed by atoms with Crippen LogP contribution >= 0.6 is 0 Å². The molecule has 1 unspecified atom stereocenters. The van der Waals surface area contributed by atoms with Gasteiger partial charge in [0.15, 0.2) is 5.82 Å². The van der Waals surface area contributed by atoms with E-state index in [1.54, 1.807) is 0 Å². The lowest BCUT2D eigenvalue weighted by Crippen LogP contribution is -2.35. The van der Waals surface area contributed by atoms with Crippen LogP contribution in [-0.2, 0) is 19.6 Å². The zero-order valence-electron chi connectivity index (χ0n) is 19.2. The zero-order chi connectivity index (χ0) is 22.6. The van der Waals surface area contributed by atoms with Gasteiger partial charge in [0, 0.05) is 25.2 Å². The Bertz CT molecular complexity index is 1110. The summed E-state index contributed by atoms with van der Waals surface area (Å²) < 4.78 is 8.18. The topological polar surface area (TPSA) is 72.3 Å². The number of aryl methyl sites for hydroxylation is 2. The quantitative estimate of drug-likeness (QED) is 0.581. The van der Waals surface area contributed by atoms with E-state index < -0.39 is 0 Å². The van der Waals surface area contributed by atoms with Crippen molar-refractivity contribution in [2.45, 2.75) is 64.6 Å². The molecule has 1 aromatic heterocycles. The van der Waals surface area contributed by atoms with Crippen LogP contribution < -0.4 is 10.1 Å². The molecule has 5 rings (SSSR count). The number of carbonyl (C=O) groups is 1. The normalized spacial score (nSPS) is 18.0. The molecule has 2 amide bonds. The Hall–Kier alpha value is -3.35. The number of carbonyl (C=O) groups excluding carboxylic acids is 1. The number of amides is 2. The van der Waals surface area contributed by atoms with Crippen LogP contribution in [-0.4, -0.2) is 32.2 Å². The highest BCUT2D eigenvalue weighted by Gasteiger charge is 2.34. The average Bonchev–Trinajstić information content (AvgIpc) is 3.41. The summed E-state index contributed by atoms with van der Waals surface area (Å²) in [5.41, 5.74) is 2.90. The summed E-state index contributed by atoms with van der Waals surface area (Å²) in [6.07, 6.45) is 6.42. The van der Waals surface area contributed by atoms with Crippen LogP contribution in [0.4, 0.5) is 10.5 Å². The van der Waals surface area contributed by atoms with Gasteiger partial charge in [-0.15, -0.1) is 10.2 Å². The van der Waals surface area contributed by atoms with Crippen molar-refractivity contribution in [3.8, 4) is 5.75 Å². The molecule has 0 aliphatic carbocycles. The van der Waals surface area contributed by atoms with E-state index in [0.29, 0.717) is 6.61 Å². The molecule has 3 heterocycles. The first kappa shape index (κ1) is 21.5. The highest BCUT2D eigenvalue weighted by molar-refractivity contribution is 5.90. The van der Waals surface area contributed by atoms with Crippen molar-refractivity contribution in [3.05, 3.63) is 71.3 Å². The molecule has 0 spiro atoms. The number of likely N-dealkylation sites (tertiary alicyclic amines) is 1. The number of hydrogen-bond acceptors (Lipinski definition) is 4. The van der Waals surface area contributed by atoms with Crippen molar-refractivity contribution < 1.29 is 9.53 Å². The van der Waals surface area contributed by atoms with Crippen LogP contribution in [0.5, 0.6) is 5.75 Å². The summed E-state index contributed by atoms with van der Waals surface area (Å²) in [4.78, 5) is 15.1. The Labute approximate surface area is 194 Å². The van der Waals surface area contributed by atoms with Gasteiger partial charge < -0.3 is 19.5 Å². The van der Waals surface area contributed by atoms with Crippen molar-refractivity contribution in [2.24, 2.45) is 0 Å². The molecule has 7 heteroatoms. The number of nitrogens with zero attached hydrogens (tertiary/aromatic N) is 4. The highest BCUT2D eigenvalue weighted by Crippen LogP contribution is 2.33. The molecule has 3 aromatic rings. The molecule has 2 aliphatic rings. The van der Waals surface area contributed by atoms with Crippen LogP contribution in [0.1, 0.15) is 60.9 Å². The second-order valence-corrected chi connectivity index (χ2v) is 8.97. The Kier molecular flexibility index (Phi) is 6.28. The smallest absolute Gasteiger partial charge is 0.322 e. The SMILES string of the molecule is Cc1cc(OCc2ccccc2)ccc1NC(=O)N1CCCC1c1nnc2n1CCCCC2. The first-order valence-corrected chi connectivity index (χ1v) is 12.0. The third kappa shape index (κ3) is 4.72. The minimum Gasteiger partial charge on any atom is -0.489 e. The molecule has 1 atom stereocenters. The molecule has 0 radical (unpaired) electrons. The first-order chi connectivity index (χ1) is 16.2. The molecule has 0 bridgehead atoms. The molecule has 1 N–H and O–H groups in total. The summed E-state index contributed by atoms with van der Waals surface area (Å²) in [5.74, 6) is 2.80. The largest absolute Gasteiger partial charge is 0.489 e. The third-order valence-electron chi connectivity index (χ3n) is 6.64. The van der Waals surface area contributed by atoms with Gasteiger partial charge in [0.05, 0.1) is 6.04 Å². The van der Waals surface area contributed by atoms with Gasteiger partial charge in [0.1, 0.15) is 18.2 Å². The van der Waals surface area contributed by atoms with E-state index >= 15 is 0 Å². The van der Waals surface area contributed by atoms with Gasteiger partial charge in [-0.3, -0.25) is 0 Å². The minimum atomic E-state index is -0.0791. The molecule has 2 aliphatic heterocycles. The molecule has 7 nitrogen and oxygen atoms in total. The predicted molar refractivity (Wildman–Crippen MR) is 127 cm³/mol. The standard InChI is InChI=1S/C26H31N5O2/c1-19-17-21(33-18-20-9-4-2-5-10-20)13-14-22(19)27-26(32)30-16-8-11-23(30)25-29-28-24-12-6-3-7-15-31(24)25/h2,4-5,9-10,13-14,17,23H,3,6-8,11-12,15-16,18H2,1H3,(H,27,32). The van der Waals surface area contributed by atoms with Crippen molar-refractivity contribution in [2.75, 3.05) is 11.9 Å². The first-order valence-electron chi connectivity index (χ1n) is 12.0. The van der Waals surface area contributed by atoms with Crippen molar-refractivity contribution in [1.82, 2.24) is 19.7 Å². The Morgan fingerprint density at radius 1 is 1.06 bits per heavy atom. The summed E-state index contributed by atoms with van der Waals surface area (Å²) in [5, 5.41) is 12.1. The molecule has 33 heavy (non-hydrogen) atoms. The maximum absolute atomic E-state index is 13.2. The maximum Gasteiger partial charge on any atom is 0.322 e. The zero-order valence-corrected chi connectivity index (χ0v) is 19.2. The third-order valence-corrected chi connectivity index (χ3v) is 6.64. The van der Waals surface area contributed by atoms with Crippen LogP contribution in [0, 0.1) is 6.92 Å². The fraction of sp³-hybridized carbons (Fsp3) is 0.423. The maximum atomic E-state index is 13.2. The Morgan fingerprint density at radius 2 is 1.94 bits per heavy atom. The van der Waals surface area contributed by atoms with Gasteiger partial charge in [-0.25, -0.2) is 4.79 Å². The number of aromatic nitrogens is 3. The molecule has 0 saturated carbocycles. The number of hydrogen-bond donors (Lipinski definition) is 1. The van der Waals surface area contributed by atoms with E-state index in [0.717, 1.165) is 79.4 Å². The van der Waals surface area contributed by atoms with Crippen molar-refractivity contribution in [3.63, 3.8) is 0 Å². The predicted octanol–water partition coefficient (Wildman–Crippen LogP) is 5.26. The number of ether oxygens (including phenoxy) is 1. The number of fused-ring (bicyclic) bond motifs is 1. The Morgan fingerprint density at radius 3 is 2.79 bits per heavy atom. The molecular weight excluding hydrogens is 414 g/mol. The monoisotopic (exact) mass is 445 g/mol. The van der Waals surface area contributed by atoms with Crippen LogP contribution in [0.15, 0.2) is 48.5 Å². The van der Waals surface area contributed by atoms with Crippen molar-refractivity contribution >= 4 is 11.7 Å². The molecule has 2 aromatic carbocycles. The minimum absolute atomic E-state index is 0.0156. The second kappa shape index (κ2) is 9.65. The summed E-state index contributed by atoms with van der Waals surface area (Å²) in [6.45, 7) is 4.19. The van der Waals surface area contributed by atoms with E-state index in [-0.39, 0.29) is 12.1 Å². The molecule has 1 fully saturated rings. The van der Waals surface area contributed by atoms with E-state index in [9.17, 15) is 4.79 Å². The van der Waals surface area contributed by atoms with Gasteiger partial charge in [-0.05, 0) is 61.9 Å². The summed E-state index contributed by atoms with van der Waals surface area (Å²) in [6, 6.07) is 15.8. The van der Waals surface area contributed by atoms with Gasteiger partial charge in [0.25, 0.3) is 0 Å². The van der Waals surface area contributed by atoms with E-state index in [4.69, 9.17) is 4.74 Å². The molecular formula is C26H31N5O2. The lowest BCUT2D eigenvalue weighted by Gasteiger charge is -2.25. The number of rotatable bonds is 5. The van der Waals surface area contributed by atoms with Crippen LogP contribution in [0.2, 0.25) is 0 Å². The van der Waals surface area contributed by atoms with Crippen molar-refractivity contribution in [1.29, 1.82) is 0 Å². The van der Waals surface area contributed by atoms with Gasteiger partial charge >= 0.3 is 6.03 Å². The van der Waals surface area contributed by atoms with Gasteiger partial charge in [0.2, 0.25) is 0 Å². The highest BCUT2D eigenvalue weighted by atomic mass is 16.5. The lowest BCUT2D eigenvalue weighted by molar-refractivity contribution is 0.203. The second-order valence-electron chi connectivity index (χ2n) is 8.97. The van der Waals surface area contributed by atoms with Gasteiger partial charge in [-0.1, -0.05) is 36.8 Å². The van der Waals surface area contributed by atoms with E-state index in [1.807, 2.05) is 60.4 Å². The van der Waals surface area contributed by atoms with E-state index in [1.165, 1.54) is 6.42 Å². The number of anilines is 1. The van der Waals surface area contributed by atoms with Crippen LogP contribution in [0.3, 0.4) is 0 Å². The summed E-state index contributed by atoms with van der Waals surface area (Å²) in [7, 11) is 0. The fourth-order valence-electron chi connectivity index (χ4n) is 4.83. The number of benzene rings is 2. The van der Waals surface area contributed by atoms with E-state index in [2.05, 4.69) is 20.1 Å². The molecule has 172 valence electrons. The van der Waals surface area contributed by atoms with Gasteiger partial charge in [-0.2, -0.15) is 0 Å². The number of urea groups is 1. The average molecular weight is 446 g/mol.